The summed E-state index contributed by atoms with van der Waals surface area (Å²) in [6, 6.07) is 4.12. The van der Waals surface area contributed by atoms with Crippen LogP contribution < -0.4 is 5.73 Å². The minimum atomic E-state index is 0.499. The lowest BCUT2D eigenvalue weighted by Crippen LogP contribution is -2.09. The lowest BCUT2D eigenvalue weighted by molar-refractivity contribution is 0.667. The van der Waals surface area contributed by atoms with Gasteiger partial charge in [0.15, 0.2) is 0 Å². The maximum atomic E-state index is 5.56. The molecule has 0 spiro atoms. The van der Waals surface area contributed by atoms with Crippen LogP contribution in [0.5, 0.6) is 0 Å². The SMILES string of the molecule is C#CCn1nc(-c2ccsc2)cc1CCN. The molecule has 0 aliphatic rings. The summed E-state index contributed by atoms with van der Waals surface area (Å²) < 4.78 is 1.85. The van der Waals surface area contributed by atoms with E-state index in [1.165, 1.54) is 0 Å². The molecule has 0 radical (unpaired) electrons. The van der Waals surface area contributed by atoms with E-state index in [9.17, 15) is 0 Å². The van der Waals surface area contributed by atoms with Crippen molar-refractivity contribution in [2.75, 3.05) is 6.54 Å². The summed E-state index contributed by atoms with van der Waals surface area (Å²) >= 11 is 1.66. The van der Waals surface area contributed by atoms with Crippen molar-refractivity contribution in [1.29, 1.82) is 0 Å². The first-order valence-corrected chi connectivity index (χ1v) is 6.02. The standard InChI is InChI=1S/C12H13N3S/c1-2-6-15-11(3-5-13)8-12(14-15)10-4-7-16-9-10/h1,4,7-9H,3,5-6,13H2. The third-order valence-corrected chi connectivity index (χ3v) is 3.01. The lowest BCUT2D eigenvalue weighted by Gasteiger charge is -2.00. The van der Waals surface area contributed by atoms with Crippen molar-refractivity contribution in [3.8, 4) is 23.6 Å². The molecule has 2 heterocycles. The van der Waals surface area contributed by atoms with Crippen LogP contribution in [0.3, 0.4) is 0 Å². The van der Waals surface area contributed by atoms with Gasteiger partial charge in [0.1, 0.15) is 6.54 Å². The summed E-state index contributed by atoms with van der Waals surface area (Å²) in [6.07, 6.45) is 6.12. The van der Waals surface area contributed by atoms with Gasteiger partial charge in [0, 0.05) is 23.1 Å². The second-order valence-corrected chi connectivity index (χ2v) is 4.21. The van der Waals surface area contributed by atoms with Crippen molar-refractivity contribution in [3.05, 3.63) is 28.6 Å². The van der Waals surface area contributed by atoms with Gasteiger partial charge in [0.05, 0.1) is 5.69 Å². The summed E-state index contributed by atoms with van der Waals surface area (Å²) in [5, 5.41) is 8.60. The summed E-state index contributed by atoms with van der Waals surface area (Å²) in [5.41, 5.74) is 8.77. The van der Waals surface area contributed by atoms with Crippen molar-refractivity contribution >= 4 is 11.3 Å². The maximum Gasteiger partial charge on any atom is 0.102 e. The number of terminal acetylenes is 1. The van der Waals surface area contributed by atoms with Crippen molar-refractivity contribution in [2.24, 2.45) is 5.73 Å². The van der Waals surface area contributed by atoms with Gasteiger partial charge in [-0.15, -0.1) is 6.42 Å². The molecule has 0 fully saturated rings. The summed E-state index contributed by atoms with van der Waals surface area (Å²) in [4.78, 5) is 0. The van der Waals surface area contributed by atoms with Gasteiger partial charge in [-0.25, -0.2) is 0 Å². The fourth-order valence-corrected chi connectivity index (χ4v) is 2.23. The Kier molecular flexibility index (Phi) is 3.40. The van der Waals surface area contributed by atoms with Crippen LogP contribution in [-0.4, -0.2) is 16.3 Å². The predicted octanol–water partition coefficient (Wildman–Crippen LogP) is 1.75. The molecule has 2 aromatic heterocycles. The molecule has 4 heteroatoms. The molecule has 0 unspecified atom stereocenters. The highest BCUT2D eigenvalue weighted by Crippen LogP contribution is 2.21. The number of nitrogens with two attached hydrogens (primary N) is 1. The van der Waals surface area contributed by atoms with Crippen molar-refractivity contribution < 1.29 is 0 Å². The van der Waals surface area contributed by atoms with Gasteiger partial charge in [-0.3, -0.25) is 4.68 Å². The first-order chi connectivity index (χ1) is 7.85. The molecular formula is C12H13N3S. The zero-order valence-corrected chi connectivity index (χ0v) is 9.70. The largest absolute Gasteiger partial charge is 0.330 e. The minimum absolute atomic E-state index is 0.499. The molecule has 0 saturated heterocycles. The predicted molar refractivity (Wildman–Crippen MR) is 67.1 cm³/mol. The highest BCUT2D eigenvalue weighted by molar-refractivity contribution is 7.08. The number of rotatable bonds is 4. The van der Waals surface area contributed by atoms with Crippen LogP contribution in [-0.2, 0) is 13.0 Å². The van der Waals surface area contributed by atoms with Crippen LogP contribution in [0.1, 0.15) is 5.69 Å². The first kappa shape index (κ1) is 10.9. The van der Waals surface area contributed by atoms with Gasteiger partial charge in [0.2, 0.25) is 0 Å². The Morgan fingerprint density at radius 3 is 3.06 bits per heavy atom. The van der Waals surface area contributed by atoms with Crippen LogP contribution in [0.25, 0.3) is 11.3 Å². The fourth-order valence-electron chi connectivity index (χ4n) is 1.58. The Morgan fingerprint density at radius 1 is 1.56 bits per heavy atom. The number of nitrogens with zero attached hydrogens (tertiary/aromatic N) is 2. The molecular weight excluding hydrogens is 218 g/mol. The van der Waals surface area contributed by atoms with Gasteiger partial charge in [-0.05, 0) is 24.1 Å². The smallest absolute Gasteiger partial charge is 0.102 e. The Morgan fingerprint density at radius 2 is 2.44 bits per heavy atom. The van der Waals surface area contributed by atoms with E-state index in [0.717, 1.165) is 23.4 Å². The topological polar surface area (TPSA) is 43.8 Å². The molecule has 0 aromatic carbocycles. The second kappa shape index (κ2) is 4.97. The highest BCUT2D eigenvalue weighted by atomic mass is 32.1. The molecule has 3 nitrogen and oxygen atoms in total. The monoisotopic (exact) mass is 231 g/mol. The summed E-state index contributed by atoms with van der Waals surface area (Å²) in [5.74, 6) is 2.60. The molecule has 0 saturated carbocycles. The van der Waals surface area contributed by atoms with Gasteiger partial charge in [-0.1, -0.05) is 5.92 Å². The van der Waals surface area contributed by atoms with Gasteiger partial charge < -0.3 is 5.73 Å². The van der Waals surface area contributed by atoms with E-state index in [4.69, 9.17) is 12.2 Å². The summed E-state index contributed by atoms with van der Waals surface area (Å²) in [6.45, 7) is 1.11. The molecule has 2 rings (SSSR count). The molecule has 0 aliphatic heterocycles. The molecule has 2 N–H and O–H groups in total. The Bertz CT molecular complexity index is 491. The van der Waals surface area contributed by atoms with Gasteiger partial charge in [0.25, 0.3) is 0 Å². The van der Waals surface area contributed by atoms with E-state index in [2.05, 4.69) is 28.5 Å². The zero-order chi connectivity index (χ0) is 11.4. The van der Waals surface area contributed by atoms with E-state index >= 15 is 0 Å². The normalized spacial score (nSPS) is 10.2. The molecule has 0 aliphatic carbocycles. The van der Waals surface area contributed by atoms with Crippen molar-refractivity contribution in [2.45, 2.75) is 13.0 Å². The highest BCUT2D eigenvalue weighted by Gasteiger charge is 2.08. The van der Waals surface area contributed by atoms with E-state index in [0.29, 0.717) is 13.1 Å². The van der Waals surface area contributed by atoms with Crippen LogP contribution in [0.4, 0.5) is 0 Å². The zero-order valence-electron chi connectivity index (χ0n) is 8.89. The maximum absolute atomic E-state index is 5.56. The van der Waals surface area contributed by atoms with Gasteiger partial charge >= 0.3 is 0 Å². The number of hydrogen-bond donors (Lipinski definition) is 1. The van der Waals surface area contributed by atoms with Crippen molar-refractivity contribution in [3.63, 3.8) is 0 Å². The van der Waals surface area contributed by atoms with Crippen LogP contribution >= 0.6 is 11.3 Å². The third-order valence-electron chi connectivity index (χ3n) is 2.32. The molecule has 0 bridgehead atoms. The second-order valence-electron chi connectivity index (χ2n) is 3.43. The Balaban J connectivity index is 2.35. The quantitative estimate of drug-likeness (QED) is 0.815. The van der Waals surface area contributed by atoms with E-state index in [-0.39, 0.29) is 0 Å². The summed E-state index contributed by atoms with van der Waals surface area (Å²) in [7, 11) is 0. The van der Waals surface area contributed by atoms with Crippen LogP contribution in [0.2, 0.25) is 0 Å². The number of hydrogen-bond acceptors (Lipinski definition) is 3. The average Bonchev–Trinajstić information content (AvgIpc) is 2.89. The van der Waals surface area contributed by atoms with Crippen molar-refractivity contribution in [1.82, 2.24) is 9.78 Å². The van der Waals surface area contributed by atoms with E-state index < -0.39 is 0 Å². The Hall–Kier alpha value is -1.57. The Labute approximate surface area is 98.9 Å². The lowest BCUT2D eigenvalue weighted by atomic mass is 10.2. The van der Waals surface area contributed by atoms with Gasteiger partial charge in [-0.2, -0.15) is 16.4 Å². The fraction of sp³-hybridized carbons (Fsp3) is 0.250. The van der Waals surface area contributed by atoms with Crippen LogP contribution in [0, 0.1) is 12.3 Å². The molecule has 82 valence electrons. The van der Waals surface area contributed by atoms with E-state index in [1.54, 1.807) is 11.3 Å². The molecule has 16 heavy (non-hydrogen) atoms. The number of thiophene rings is 1. The molecule has 0 atom stereocenters. The first-order valence-electron chi connectivity index (χ1n) is 5.08. The van der Waals surface area contributed by atoms with Crippen LogP contribution in [0.15, 0.2) is 22.9 Å². The minimum Gasteiger partial charge on any atom is -0.330 e. The molecule has 0 amide bonds. The average molecular weight is 231 g/mol. The molecule has 2 aromatic rings. The number of aromatic nitrogens is 2. The third kappa shape index (κ3) is 2.16. The van der Waals surface area contributed by atoms with E-state index in [1.807, 2.05) is 10.1 Å².